The number of amidine groups is 1. The van der Waals surface area contributed by atoms with E-state index in [2.05, 4.69) is 10.1 Å². The standard InChI is InChI=1S/C13H17ClFN3O/c14-12-2-1-11(15)7-10(12)8-18-5-3-9(4-6-18)13(16)17-19/h1-2,7,9,19H,3-6,8H2,(H2,16,17). The first-order valence-electron chi connectivity index (χ1n) is 6.24. The summed E-state index contributed by atoms with van der Waals surface area (Å²) < 4.78 is 13.2. The molecule has 1 aliphatic rings. The number of likely N-dealkylation sites (tertiary alicyclic amines) is 1. The molecule has 104 valence electrons. The molecule has 1 aromatic rings. The highest BCUT2D eigenvalue weighted by Gasteiger charge is 2.22. The van der Waals surface area contributed by atoms with Gasteiger partial charge in [0.05, 0.1) is 0 Å². The van der Waals surface area contributed by atoms with E-state index >= 15 is 0 Å². The number of oxime groups is 1. The quantitative estimate of drug-likeness (QED) is 0.388. The summed E-state index contributed by atoms with van der Waals surface area (Å²) in [4.78, 5) is 2.20. The molecular weight excluding hydrogens is 269 g/mol. The number of nitrogens with two attached hydrogens (primary N) is 1. The summed E-state index contributed by atoms with van der Waals surface area (Å²) in [5, 5.41) is 12.3. The fraction of sp³-hybridized carbons (Fsp3) is 0.462. The predicted octanol–water partition coefficient (Wildman–Crippen LogP) is 2.44. The summed E-state index contributed by atoms with van der Waals surface area (Å²) in [6.07, 6.45) is 1.67. The molecule has 0 unspecified atom stereocenters. The molecule has 0 saturated carbocycles. The van der Waals surface area contributed by atoms with E-state index < -0.39 is 0 Å². The zero-order chi connectivity index (χ0) is 13.8. The van der Waals surface area contributed by atoms with E-state index in [1.54, 1.807) is 6.07 Å². The first-order valence-corrected chi connectivity index (χ1v) is 6.61. The van der Waals surface area contributed by atoms with Gasteiger partial charge in [-0.05, 0) is 49.7 Å². The Bertz CT molecular complexity index is 473. The molecule has 1 heterocycles. The molecule has 3 N–H and O–H groups in total. The SMILES string of the molecule is N/C(=N/O)C1CCN(Cc2cc(F)ccc2Cl)CC1. The molecule has 1 fully saturated rings. The Morgan fingerprint density at radius 1 is 1.47 bits per heavy atom. The van der Waals surface area contributed by atoms with E-state index in [0.717, 1.165) is 31.5 Å². The Labute approximate surface area is 116 Å². The predicted molar refractivity (Wildman–Crippen MR) is 72.8 cm³/mol. The van der Waals surface area contributed by atoms with Crippen LogP contribution in [0.25, 0.3) is 0 Å². The van der Waals surface area contributed by atoms with Crippen molar-refractivity contribution in [1.29, 1.82) is 0 Å². The van der Waals surface area contributed by atoms with Crippen LogP contribution in [-0.4, -0.2) is 29.0 Å². The van der Waals surface area contributed by atoms with E-state index in [4.69, 9.17) is 22.5 Å². The van der Waals surface area contributed by atoms with Crippen molar-refractivity contribution in [3.05, 3.63) is 34.6 Å². The molecule has 0 amide bonds. The number of piperidine rings is 1. The van der Waals surface area contributed by atoms with Gasteiger partial charge in [0.2, 0.25) is 0 Å². The molecule has 1 aromatic carbocycles. The molecule has 0 aromatic heterocycles. The van der Waals surface area contributed by atoms with Crippen molar-refractivity contribution in [2.75, 3.05) is 13.1 Å². The number of hydrogen-bond donors (Lipinski definition) is 2. The van der Waals surface area contributed by atoms with Gasteiger partial charge in [0.1, 0.15) is 11.7 Å². The van der Waals surface area contributed by atoms with Crippen molar-refractivity contribution in [2.24, 2.45) is 16.8 Å². The van der Waals surface area contributed by atoms with Crippen molar-refractivity contribution in [1.82, 2.24) is 4.90 Å². The maximum absolute atomic E-state index is 13.2. The van der Waals surface area contributed by atoms with Crippen LogP contribution in [0.2, 0.25) is 5.02 Å². The minimum Gasteiger partial charge on any atom is -0.409 e. The Hall–Kier alpha value is -1.33. The van der Waals surface area contributed by atoms with Crippen LogP contribution in [0.1, 0.15) is 18.4 Å². The molecule has 19 heavy (non-hydrogen) atoms. The van der Waals surface area contributed by atoms with Gasteiger partial charge in [-0.2, -0.15) is 0 Å². The summed E-state index contributed by atoms with van der Waals surface area (Å²) in [6, 6.07) is 4.41. The third-order valence-corrected chi connectivity index (χ3v) is 3.89. The number of benzene rings is 1. The van der Waals surface area contributed by atoms with Crippen LogP contribution in [0.15, 0.2) is 23.4 Å². The molecule has 0 atom stereocenters. The molecule has 1 saturated heterocycles. The Kier molecular flexibility index (Phi) is 4.61. The molecule has 0 aliphatic carbocycles. The van der Waals surface area contributed by atoms with Gasteiger partial charge in [-0.15, -0.1) is 0 Å². The highest BCUT2D eigenvalue weighted by atomic mass is 35.5. The van der Waals surface area contributed by atoms with Gasteiger partial charge >= 0.3 is 0 Å². The van der Waals surface area contributed by atoms with Gasteiger partial charge in [-0.3, -0.25) is 4.90 Å². The first kappa shape index (κ1) is 14.1. The third kappa shape index (κ3) is 3.58. The highest BCUT2D eigenvalue weighted by Crippen LogP contribution is 2.23. The summed E-state index contributed by atoms with van der Waals surface area (Å²) in [7, 11) is 0. The zero-order valence-corrected chi connectivity index (χ0v) is 11.3. The molecule has 0 radical (unpaired) electrons. The van der Waals surface area contributed by atoms with Gasteiger partial charge in [0.15, 0.2) is 0 Å². The number of hydrogen-bond acceptors (Lipinski definition) is 3. The Morgan fingerprint density at radius 3 is 2.79 bits per heavy atom. The topological polar surface area (TPSA) is 61.9 Å². The summed E-state index contributed by atoms with van der Waals surface area (Å²) >= 11 is 6.05. The molecule has 4 nitrogen and oxygen atoms in total. The second kappa shape index (κ2) is 6.21. The van der Waals surface area contributed by atoms with Crippen LogP contribution in [0, 0.1) is 11.7 Å². The lowest BCUT2D eigenvalue weighted by Gasteiger charge is -2.31. The average molecular weight is 286 g/mol. The molecular formula is C13H17ClFN3O. The summed E-state index contributed by atoms with van der Waals surface area (Å²) in [6.45, 7) is 2.28. The van der Waals surface area contributed by atoms with Gasteiger partial charge in [-0.1, -0.05) is 16.8 Å². The van der Waals surface area contributed by atoms with Crippen LogP contribution in [0.3, 0.4) is 0 Å². The normalized spacial score (nSPS) is 18.7. The van der Waals surface area contributed by atoms with E-state index in [9.17, 15) is 4.39 Å². The van der Waals surface area contributed by atoms with E-state index in [1.165, 1.54) is 12.1 Å². The van der Waals surface area contributed by atoms with Gasteiger partial charge < -0.3 is 10.9 Å². The molecule has 1 aliphatic heterocycles. The summed E-state index contributed by atoms with van der Waals surface area (Å²) in [5.41, 5.74) is 6.40. The fourth-order valence-corrected chi connectivity index (χ4v) is 2.55. The first-order chi connectivity index (χ1) is 9.10. The second-order valence-electron chi connectivity index (χ2n) is 4.81. The second-order valence-corrected chi connectivity index (χ2v) is 5.22. The Balaban J connectivity index is 1.94. The van der Waals surface area contributed by atoms with Gasteiger partial charge in [0.25, 0.3) is 0 Å². The van der Waals surface area contributed by atoms with Crippen molar-refractivity contribution in [2.45, 2.75) is 19.4 Å². The molecule has 6 heteroatoms. The monoisotopic (exact) mass is 285 g/mol. The van der Waals surface area contributed by atoms with Crippen LogP contribution in [0.5, 0.6) is 0 Å². The lowest BCUT2D eigenvalue weighted by Crippen LogP contribution is -2.38. The van der Waals surface area contributed by atoms with Crippen LogP contribution in [0.4, 0.5) is 4.39 Å². The van der Waals surface area contributed by atoms with Crippen molar-refractivity contribution >= 4 is 17.4 Å². The number of rotatable bonds is 3. The lowest BCUT2D eigenvalue weighted by atomic mass is 9.95. The van der Waals surface area contributed by atoms with E-state index in [1.807, 2.05) is 0 Å². The smallest absolute Gasteiger partial charge is 0.142 e. The highest BCUT2D eigenvalue weighted by molar-refractivity contribution is 6.31. The van der Waals surface area contributed by atoms with E-state index in [-0.39, 0.29) is 11.7 Å². The minimum absolute atomic E-state index is 0.129. The molecule has 0 spiro atoms. The average Bonchev–Trinajstić information content (AvgIpc) is 2.43. The van der Waals surface area contributed by atoms with Crippen molar-refractivity contribution in [3.63, 3.8) is 0 Å². The fourth-order valence-electron chi connectivity index (χ4n) is 2.37. The molecule has 0 bridgehead atoms. The maximum atomic E-state index is 13.2. The number of halogens is 2. The minimum atomic E-state index is -0.272. The van der Waals surface area contributed by atoms with Crippen molar-refractivity contribution in [3.8, 4) is 0 Å². The van der Waals surface area contributed by atoms with E-state index in [0.29, 0.717) is 17.4 Å². The lowest BCUT2D eigenvalue weighted by molar-refractivity contribution is 0.198. The van der Waals surface area contributed by atoms with Crippen LogP contribution < -0.4 is 5.73 Å². The maximum Gasteiger partial charge on any atom is 0.142 e. The van der Waals surface area contributed by atoms with Gasteiger partial charge in [0, 0.05) is 17.5 Å². The largest absolute Gasteiger partial charge is 0.409 e. The van der Waals surface area contributed by atoms with Gasteiger partial charge in [-0.25, -0.2) is 4.39 Å². The summed E-state index contributed by atoms with van der Waals surface area (Å²) in [5.74, 6) is 0.151. The zero-order valence-electron chi connectivity index (χ0n) is 10.5. The van der Waals surface area contributed by atoms with Crippen LogP contribution in [-0.2, 0) is 6.54 Å². The van der Waals surface area contributed by atoms with Crippen LogP contribution >= 0.6 is 11.6 Å². The molecule has 2 rings (SSSR count). The Morgan fingerprint density at radius 2 is 2.16 bits per heavy atom. The number of nitrogens with zero attached hydrogens (tertiary/aromatic N) is 2. The third-order valence-electron chi connectivity index (χ3n) is 3.52. The van der Waals surface area contributed by atoms with Crippen molar-refractivity contribution < 1.29 is 9.60 Å².